The van der Waals surface area contributed by atoms with Crippen LogP contribution in [0, 0.1) is 10.1 Å². The maximum Gasteiger partial charge on any atom is 0.339 e. The van der Waals surface area contributed by atoms with Crippen LogP contribution in [0.4, 0.5) is 17.1 Å². The van der Waals surface area contributed by atoms with Crippen molar-refractivity contribution in [1.82, 2.24) is 14.6 Å². The van der Waals surface area contributed by atoms with Crippen LogP contribution < -0.4 is 14.9 Å². The van der Waals surface area contributed by atoms with Crippen LogP contribution >= 0.6 is 11.8 Å². The highest BCUT2D eigenvalue weighted by Crippen LogP contribution is 2.29. The van der Waals surface area contributed by atoms with Crippen LogP contribution in [0.2, 0.25) is 0 Å². The Morgan fingerprint density at radius 2 is 1.62 bits per heavy atom. The number of sulfonamides is 1. The molecule has 13 nitrogen and oxygen atoms in total. The minimum absolute atomic E-state index is 0.132. The van der Waals surface area contributed by atoms with Gasteiger partial charge in [-0.15, -0.1) is 11.8 Å². The summed E-state index contributed by atoms with van der Waals surface area (Å²) in [5.41, 5.74) is 4.15. The molecule has 0 unspecified atom stereocenters. The van der Waals surface area contributed by atoms with Crippen molar-refractivity contribution in [1.29, 1.82) is 0 Å². The smallest absolute Gasteiger partial charge is 0.339 e. The Hall–Kier alpha value is -5.77. The molecule has 0 saturated carbocycles. The van der Waals surface area contributed by atoms with E-state index in [1.807, 2.05) is 53.3 Å². The summed E-state index contributed by atoms with van der Waals surface area (Å²) in [4.78, 5) is 46.0. The van der Waals surface area contributed by atoms with Gasteiger partial charge in [-0.3, -0.25) is 24.8 Å². The van der Waals surface area contributed by atoms with Crippen LogP contribution in [0.1, 0.15) is 33.2 Å². The van der Waals surface area contributed by atoms with Crippen LogP contribution in [0.25, 0.3) is 11.1 Å². The molecule has 0 spiro atoms. The molecule has 6 rings (SSSR count). The second-order valence-corrected chi connectivity index (χ2v) is 15.5. The van der Waals surface area contributed by atoms with E-state index >= 15 is 0 Å². The van der Waals surface area contributed by atoms with Gasteiger partial charge >= 0.3 is 5.97 Å². The van der Waals surface area contributed by atoms with Crippen molar-refractivity contribution >= 4 is 50.7 Å². The van der Waals surface area contributed by atoms with Crippen molar-refractivity contribution in [2.24, 2.45) is 0 Å². The van der Waals surface area contributed by atoms with Crippen LogP contribution in [-0.2, 0) is 21.3 Å². The summed E-state index contributed by atoms with van der Waals surface area (Å²) < 4.78 is 33.5. The van der Waals surface area contributed by atoms with Crippen molar-refractivity contribution < 1.29 is 27.7 Å². The van der Waals surface area contributed by atoms with Crippen molar-refractivity contribution in [3.8, 4) is 11.1 Å². The maximum absolute atomic E-state index is 13.2. The molecule has 2 N–H and O–H groups in total. The second-order valence-electron chi connectivity index (χ2n) is 12.6. The predicted octanol–water partition coefficient (Wildman–Crippen LogP) is 6.48. The number of carbonyl (C=O) groups excluding carboxylic acids is 2. The molecule has 0 atom stereocenters. The molecule has 1 aliphatic heterocycles. The van der Waals surface area contributed by atoms with Crippen LogP contribution in [0.5, 0.6) is 0 Å². The Balaban J connectivity index is 1.03. The molecular weight excluding hydrogens is 741 g/mol. The Kier molecular flexibility index (Phi) is 12.8. The van der Waals surface area contributed by atoms with Gasteiger partial charge in [-0.2, -0.15) is 0 Å². The predicted molar refractivity (Wildman–Crippen MR) is 213 cm³/mol. The fourth-order valence-electron chi connectivity index (χ4n) is 6.17. The standard InChI is InChI=1S/C40H40N6O7S2/c1-2-53-40(48)32-24-31(26-41-27-32)36-11-7-6-8-30(36)28-44-19-21-45(22-20-44)33-14-12-29(13-15-33)39(47)43-55(51,52)35-16-17-37(38(25-35)46(49)50)42-18-23-54-34-9-4-3-5-10-34/h3-17,24-27,42H,2,18-23,28H2,1H3,(H,43,47). The largest absolute Gasteiger partial charge is 0.462 e. The fraction of sp³-hybridized carbons (Fsp3) is 0.225. The third-order valence-electron chi connectivity index (χ3n) is 8.97. The number of carbonyl (C=O) groups is 2. The van der Waals surface area contributed by atoms with Crippen LogP contribution in [0.3, 0.4) is 0 Å². The molecule has 1 aliphatic rings. The van der Waals surface area contributed by atoms with E-state index in [1.54, 1.807) is 55.2 Å². The second kappa shape index (κ2) is 18.0. The SMILES string of the molecule is CCOC(=O)c1cncc(-c2ccccc2CN2CCN(c3ccc(C(=O)NS(=O)(=O)c4ccc(NCCSc5ccccc5)c([N+](=O)[O-])c4)cc3)CC2)c1. The number of anilines is 2. The number of nitro groups is 1. The van der Waals surface area contributed by atoms with Crippen molar-refractivity contribution in [3.63, 3.8) is 0 Å². The lowest BCUT2D eigenvalue weighted by Gasteiger charge is -2.36. The molecule has 15 heteroatoms. The number of hydrogen-bond donors (Lipinski definition) is 2. The van der Waals surface area contributed by atoms with Gasteiger partial charge in [0.25, 0.3) is 21.6 Å². The summed E-state index contributed by atoms with van der Waals surface area (Å²) >= 11 is 1.58. The lowest BCUT2D eigenvalue weighted by molar-refractivity contribution is -0.384. The first-order valence-corrected chi connectivity index (χ1v) is 20.1. The number of esters is 1. The van der Waals surface area contributed by atoms with Gasteiger partial charge in [-0.1, -0.05) is 42.5 Å². The summed E-state index contributed by atoms with van der Waals surface area (Å²) in [6.07, 6.45) is 3.25. The molecule has 284 valence electrons. The van der Waals surface area contributed by atoms with E-state index in [2.05, 4.69) is 26.2 Å². The first-order valence-electron chi connectivity index (χ1n) is 17.7. The number of amides is 1. The third-order valence-corrected chi connectivity index (χ3v) is 11.3. The average molecular weight is 781 g/mol. The monoisotopic (exact) mass is 780 g/mol. The molecule has 2 heterocycles. The van der Waals surface area contributed by atoms with Gasteiger partial charge in [0.2, 0.25) is 0 Å². The normalized spacial score (nSPS) is 13.2. The zero-order chi connectivity index (χ0) is 38.8. The average Bonchev–Trinajstić information content (AvgIpc) is 3.20. The zero-order valence-corrected chi connectivity index (χ0v) is 31.7. The number of rotatable bonds is 15. The summed E-state index contributed by atoms with van der Waals surface area (Å²) in [5, 5.41) is 14.8. The molecule has 1 amide bonds. The number of nitro benzene ring substituents is 1. The van der Waals surface area contributed by atoms with E-state index in [4.69, 9.17) is 4.74 Å². The molecule has 0 radical (unpaired) electrons. The summed E-state index contributed by atoms with van der Waals surface area (Å²) in [6.45, 7) is 6.20. The number of nitrogens with one attached hydrogen (secondary N) is 2. The summed E-state index contributed by atoms with van der Waals surface area (Å²) in [6, 6.07) is 29.8. The molecule has 5 aromatic rings. The number of nitrogens with zero attached hydrogens (tertiary/aromatic N) is 4. The van der Waals surface area contributed by atoms with Gasteiger partial charge < -0.3 is 15.0 Å². The number of benzene rings is 4. The first kappa shape index (κ1) is 38.9. The van der Waals surface area contributed by atoms with E-state index in [9.17, 15) is 28.1 Å². The van der Waals surface area contributed by atoms with Crippen LogP contribution in [-0.4, -0.2) is 80.2 Å². The number of hydrogen-bond acceptors (Lipinski definition) is 12. The number of ether oxygens (including phenoxy) is 1. The van der Waals surface area contributed by atoms with Gasteiger partial charge in [0.15, 0.2) is 0 Å². The maximum atomic E-state index is 13.2. The Labute approximate surface area is 323 Å². The van der Waals surface area contributed by atoms with E-state index in [1.165, 1.54) is 18.3 Å². The van der Waals surface area contributed by atoms with Gasteiger partial charge in [0, 0.05) is 85.2 Å². The molecule has 55 heavy (non-hydrogen) atoms. The van der Waals surface area contributed by atoms with E-state index in [0.29, 0.717) is 24.4 Å². The minimum atomic E-state index is -4.41. The number of piperazine rings is 1. The molecule has 0 bridgehead atoms. The Morgan fingerprint density at radius 1 is 0.891 bits per heavy atom. The summed E-state index contributed by atoms with van der Waals surface area (Å²) in [5.74, 6) is -0.616. The zero-order valence-electron chi connectivity index (χ0n) is 30.1. The molecule has 0 aliphatic carbocycles. The van der Waals surface area contributed by atoms with E-state index in [-0.39, 0.29) is 17.9 Å². The highest BCUT2D eigenvalue weighted by atomic mass is 32.2. The fourth-order valence-corrected chi connectivity index (χ4v) is 7.96. The first-order chi connectivity index (χ1) is 26.6. The van der Waals surface area contributed by atoms with E-state index < -0.39 is 37.4 Å². The number of pyridine rings is 1. The Morgan fingerprint density at radius 3 is 2.35 bits per heavy atom. The van der Waals surface area contributed by atoms with E-state index in [0.717, 1.165) is 59.5 Å². The van der Waals surface area contributed by atoms with Crippen molar-refractivity contribution in [3.05, 3.63) is 142 Å². The van der Waals surface area contributed by atoms with Gasteiger partial charge in [0.1, 0.15) is 5.69 Å². The lowest BCUT2D eigenvalue weighted by atomic mass is 9.99. The lowest BCUT2D eigenvalue weighted by Crippen LogP contribution is -2.46. The third kappa shape index (κ3) is 10.1. The quantitative estimate of drug-likeness (QED) is 0.0392. The molecule has 1 aromatic heterocycles. The number of thioether (sulfide) groups is 1. The highest BCUT2D eigenvalue weighted by Gasteiger charge is 2.25. The Bertz CT molecular complexity index is 2250. The van der Waals surface area contributed by atoms with Gasteiger partial charge in [0.05, 0.1) is 22.0 Å². The molecule has 1 fully saturated rings. The molecule has 1 saturated heterocycles. The number of aromatic nitrogens is 1. The van der Waals surface area contributed by atoms with Crippen molar-refractivity contribution in [2.45, 2.75) is 23.3 Å². The van der Waals surface area contributed by atoms with Gasteiger partial charge in [-0.05, 0) is 72.6 Å². The van der Waals surface area contributed by atoms with Gasteiger partial charge in [-0.25, -0.2) is 17.9 Å². The van der Waals surface area contributed by atoms with Crippen molar-refractivity contribution in [2.75, 3.05) is 55.3 Å². The molecule has 4 aromatic carbocycles. The highest BCUT2D eigenvalue weighted by molar-refractivity contribution is 7.99. The van der Waals surface area contributed by atoms with Crippen LogP contribution in [0.15, 0.2) is 125 Å². The minimum Gasteiger partial charge on any atom is -0.462 e. The topological polar surface area (TPSA) is 164 Å². The summed E-state index contributed by atoms with van der Waals surface area (Å²) in [7, 11) is -4.41. The molecular formula is C40H40N6O7S2.